The van der Waals surface area contributed by atoms with Gasteiger partial charge in [0.05, 0.1) is 6.42 Å². The second kappa shape index (κ2) is 10.1. The Hall–Kier alpha value is -3.35. The summed E-state index contributed by atoms with van der Waals surface area (Å²) < 4.78 is 5.49. The van der Waals surface area contributed by atoms with Gasteiger partial charge in [0.25, 0.3) is 0 Å². The molecule has 2 aromatic rings. The third-order valence-corrected chi connectivity index (χ3v) is 5.70. The number of ether oxygens (including phenoxy) is 1. The molecule has 0 radical (unpaired) electrons. The number of aliphatic carboxylic acids is 1. The molecule has 0 heterocycles. The molecule has 176 valence electrons. The van der Waals surface area contributed by atoms with E-state index in [0.717, 1.165) is 22.3 Å². The lowest BCUT2D eigenvalue weighted by Crippen LogP contribution is -2.49. The Morgan fingerprint density at radius 3 is 2.03 bits per heavy atom. The Balaban J connectivity index is 1.57. The Morgan fingerprint density at radius 1 is 0.970 bits per heavy atom. The molecule has 2 atom stereocenters. The van der Waals surface area contributed by atoms with Gasteiger partial charge in [-0.3, -0.25) is 9.59 Å². The number of rotatable bonds is 8. The lowest BCUT2D eigenvalue weighted by atomic mass is 9.87. The van der Waals surface area contributed by atoms with Crippen molar-refractivity contribution in [1.29, 1.82) is 0 Å². The number of carboxylic acid groups (broad SMARTS) is 1. The van der Waals surface area contributed by atoms with E-state index in [9.17, 15) is 14.4 Å². The molecular weight excluding hydrogens is 420 g/mol. The van der Waals surface area contributed by atoms with Gasteiger partial charge in [0, 0.05) is 12.0 Å². The van der Waals surface area contributed by atoms with Crippen molar-refractivity contribution in [3.8, 4) is 11.1 Å². The van der Waals surface area contributed by atoms with Gasteiger partial charge in [0.15, 0.2) is 0 Å². The number of carboxylic acids is 1. The van der Waals surface area contributed by atoms with Gasteiger partial charge < -0.3 is 20.5 Å². The first-order valence-electron chi connectivity index (χ1n) is 11.2. The van der Waals surface area contributed by atoms with Crippen LogP contribution in [0.5, 0.6) is 0 Å². The topological polar surface area (TPSA) is 105 Å². The molecule has 0 aliphatic heterocycles. The molecule has 0 saturated carbocycles. The van der Waals surface area contributed by atoms with Crippen LogP contribution in [-0.4, -0.2) is 41.8 Å². The second-order valence-corrected chi connectivity index (χ2v) is 9.76. The van der Waals surface area contributed by atoms with Crippen molar-refractivity contribution < 1.29 is 24.2 Å². The van der Waals surface area contributed by atoms with Crippen LogP contribution in [0.1, 0.15) is 57.6 Å². The van der Waals surface area contributed by atoms with Crippen LogP contribution in [0.4, 0.5) is 4.79 Å². The summed E-state index contributed by atoms with van der Waals surface area (Å²) in [6.07, 6.45) is -0.367. The largest absolute Gasteiger partial charge is 0.481 e. The van der Waals surface area contributed by atoms with Gasteiger partial charge in [-0.05, 0) is 41.0 Å². The van der Waals surface area contributed by atoms with Gasteiger partial charge in [-0.15, -0.1) is 0 Å². The number of nitrogens with one attached hydrogen (secondary N) is 2. The van der Waals surface area contributed by atoms with Gasteiger partial charge >= 0.3 is 12.1 Å². The van der Waals surface area contributed by atoms with E-state index in [1.165, 1.54) is 0 Å². The van der Waals surface area contributed by atoms with Crippen LogP contribution in [0.25, 0.3) is 11.1 Å². The van der Waals surface area contributed by atoms with Crippen molar-refractivity contribution in [3.63, 3.8) is 0 Å². The first-order valence-corrected chi connectivity index (χ1v) is 11.2. The quantitative estimate of drug-likeness (QED) is 0.554. The van der Waals surface area contributed by atoms with E-state index in [1.54, 1.807) is 6.92 Å². The number of carbonyl (C=O) groups is 3. The molecule has 1 unspecified atom stereocenters. The van der Waals surface area contributed by atoms with E-state index in [1.807, 2.05) is 57.2 Å². The fourth-order valence-corrected chi connectivity index (χ4v) is 4.33. The Labute approximate surface area is 194 Å². The van der Waals surface area contributed by atoms with Crippen LogP contribution in [-0.2, 0) is 14.3 Å². The van der Waals surface area contributed by atoms with Crippen molar-refractivity contribution in [2.75, 3.05) is 6.61 Å². The summed E-state index contributed by atoms with van der Waals surface area (Å²) in [5.41, 5.74) is 4.33. The Bertz CT molecular complexity index is 982. The maximum absolute atomic E-state index is 12.6. The molecule has 33 heavy (non-hydrogen) atoms. The molecule has 3 N–H and O–H groups in total. The summed E-state index contributed by atoms with van der Waals surface area (Å²) in [5.74, 6) is -1.50. The average molecular weight is 453 g/mol. The molecule has 3 rings (SSSR count). The minimum Gasteiger partial charge on any atom is -0.481 e. The van der Waals surface area contributed by atoms with Gasteiger partial charge in [0.1, 0.15) is 12.6 Å². The van der Waals surface area contributed by atoms with Gasteiger partial charge in [-0.1, -0.05) is 69.3 Å². The zero-order valence-corrected chi connectivity index (χ0v) is 19.6. The van der Waals surface area contributed by atoms with Gasteiger partial charge in [0.2, 0.25) is 5.91 Å². The normalized spacial score (nSPS) is 14.5. The fraction of sp³-hybridized carbons (Fsp3) is 0.423. The van der Waals surface area contributed by atoms with Crippen molar-refractivity contribution >= 4 is 18.0 Å². The second-order valence-electron chi connectivity index (χ2n) is 9.76. The summed E-state index contributed by atoms with van der Waals surface area (Å²) in [6, 6.07) is 14.7. The zero-order chi connectivity index (χ0) is 24.2. The predicted molar refractivity (Wildman–Crippen MR) is 126 cm³/mol. The molecule has 1 aliphatic rings. The van der Waals surface area contributed by atoms with Crippen LogP contribution in [0.2, 0.25) is 0 Å². The summed E-state index contributed by atoms with van der Waals surface area (Å²) in [6.45, 7) is 7.64. The highest BCUT2D eigenvalue weighted by molar-refractivity contribution is 5.86. The average Bonchev–Trinajstić information content (AvgIpc) is 3.04. The maximum atomic E-state index is 12.6. The van der Waals surface area contributed by atoms with Crippen molar-refractivity contribution in [2.45, 2.75) is 58.5 Å². The third kappa shape index (κ3) is 6.34. The van der Waals surface area contributed by atoms with E-state index in [2.05, 4.69) is 22.8 Å². The van der Waals surface area contributed by atoms with E-state index in [4.69, 9.17) is 9.84 Å². The number of amides is 2. The van der Waals surface area contributed by atoms with Crippen LogP contribution < -0.4 is 10.6 Å². The SMILES string of the molecule is C[C@H](NC(=O)OCC1c2ccccc2-c2ccccc21)C(=O)NC(CC(=O)O)CC(C)(C)C. The van der Waals surface area contributed by atoms with E-state index >= 15 is 0 Å². The number of fused-ring (bicyclic) bond motifs is 3. The molecule has 1 aliphatic carbocycles. The molecule has 0 aromatic heterocycles. The lowest BCUT2D eigenvalue weighted by molar-refractivity contribution is -0.138. The molecule has 2 amide bonds. The van der Waals surface area contributed by atoms with Crippen molar-refractivity contribution in [2.24, 2.45) is 5.41 Å². The summed E-state index contributed by atoms with van der Waals surface area (Å²) in [4.78, 5) is 36.2. The van der Waals surface area contributed by atoms with Crippen LogP contribution in [0, 0.1) is 5.41 Å². The molecule has 7 nitrogen and oxygen atoms in total. The van der Waals surface area contributed by atoms with Crippen LogP contribution in [0.15, 0.2) is 48.5 Å². The molecule has 0 saturated heterocycles. The number of carbonyl (C=O) groups excluding carboxylic acids is 2. The van der Waals surface area contributed by atoms with Gasteiger partial charge in [-0.25, -0.2) is 4.79 Å². The standard InChI is InChI=1S/C26H32N2O5/c1-16(24(31)28-17(13-23(29)30)14-26(2,3)4)27-25(32)33-15-22-20-11-7-5-9-18(20)19-10-6-8-12-21(19)22/h5-12,16-17,22H,13-15H2,1-4H3,(H,27,32)(H,28,31)(H,29,30)/t16-,17?/m0/s1. The Kier molecular flexibility index (Phi) is 7.41. The maximum Gasteiger partial charge on any atom is 0.407 e. The van der Waals surface area contributed by atoms with Crippen molar-refractivity contribution in [3.05, 3.63) is 59.7 Å². The van der Waals surface area contributed by atoms with E-state index in [0.29, 0.717) is 6.42 Å². The minimum atomic E-state index is -0.985. The number of alkyl carbamates (subject to hydrolysis) is 1. The van der Waals surface area contributed by atoms with E-state index in [-0.39, 0.29) is 24.4 Å². The monoisotopic (exact) mass is 452 g/mol. The zero-order valence-electron chi connectivity index (χ0n) is 19.6. The smallest absolute Gasteiger partial charge is 0.407 e. The highest BCUT2D eigenvalue weighted by Gasteiger charge is 2.30. The predicted octanol–water partition coefficient (Wildman–Crippen LogP) is 4.31. The highest BCUT2D eigenvalue weighted by Crippen LogP contribution is 2.44. The lowest BCUT2D eigenvalue weighted by Gasteiger charge is -2.27. The number of hydrogen-bond acceptors (Lipinski definition) is 4. The molecule has 0 bridgehead atoms. The minimum absolute atomic E-state index is 0.0704. The number of benzene rings is 2. The summed E-state index contributed by atoms with van der Waals surface area (Å²) >= 11 is 0. The first kappa shape index (κ1) is 24.3. The Morgan fingerprint density at radius 2 is 1.52 bits per heavy atom. The molecule has 7 heteroatoms. The van der Waals surface area contributed by atoms with Crippen LogP contribution in [0.3, 0.4) is 0 Å². The summed E-state index contributed by atoms with van der Waals surface area (Å²) in [7, 11) is 0. The van der Waals surface area contributed by atoms with E-state index < -0.39 is 30.1 Å². The fourth-order valence-electron chi connectivity index (χ4n) is 4.33. The molecule has 0 spiro atoms. The van der Waals surface area contributed by atoms with Crippen LogP contribution >= 0.6 is 0 Å². The molecular formula is C26H32N2O5. The highest BCUT2D eigenvalue weighted by atomic mass is 16.5. The van der Waals surface area contributed by atoms with Crippen molar-refractivity contribution in [1.82, 2.24) is 10.6 Å². The first-order chi connectivity index (χ1) is 15.5. The summed E-state index contributed by atoms with van der Waals surface area (Å²) in [5, 5.41) is 14.4. The van der Waals surface area contributed by atoms with Gasteiger partial charge in [-0.2, -0.15) is 0 Å². The number of hydrogen-bond donors (Lipinski definition) is 3. The molecule has 0 fully saturated rings. The molecule has 2 aromatic carbocycles. The third-order valence-electron chi connectivity index (χ3n) is 5.70.